The number of hydrogen-bond acceptors (Lipinski definition) is 5. The summed E-state index contributed by atoms with van der Waals surface area (Å²) in [5.41, 5.74) is 0.740. The van der Waals surface area contributed by atoms with Crippen LogP contribution in [0.5, 0.6) is 0 Å². The minimum atomic E-state index is -4.09. The largest absolute Gasteiger partial charge is 0.448 e. The van der Waals surface area contributed by atoms with E-state index < -0.39 is 15.3 Å². The predicted molar refractivity (Wildman–Crippen MR) is 57.2 cm³/mol. The Morgan fingerprint density at radius 1 is 1.50 bits per heavy atom. The number of amides is 1. The molecule has 0 atom stereocenters. The summed E-state index contributed by atoms with van der Waals surface area (Å²) in [5.74, 6) is 0. The molecule has 0 radical (unpaired) electrons. The molecule has 0 aliphatic carbocycles. The highest BCUT2D eigenvalue weighted by molar-refractivity contribution is 8.12. The number of ether oxygens (including phenoxy) is 1. The number of rotatable bonds is 4. The number of hydrogen-bond donors (Lipinski definition) is 1. The molecule has 1 aromatic rings. The Morgan fingerprint density at radius 2 is 2.25 bits per heavy atom. The summed E-state index contributed by atoms with van der Waals surface area (Å²) in [5, 5.41) is 0. The van der Waals surface area contributed by atoms with Crippen LogP contribution in [0, 0.1) is 0 Å². The Morgan fingerprint density at radius 3 is 2.81 bits per heavy atom. The quantitative estimate of drug-likeness (QED) is 0.815. The number of nitrogens with zero attached hydrogens (tertiary/aromatic N) is 1. The second-order valence-corrected chi connectivity index (χ2v) is 5.05. The number of carbonyl (C=O) groups is 1. The van der Waals surface area contributed by atoms with Gasteiger partial charge in [0.05, 0.1) is 6.61 Å². The molecule has 0 aliphatic rings. The first-order valence-electron chi connectivity index (χ1n) is 4.26. The van der Waals surface area contributed by atoms with Crippen LogP contribution in [0.2, 0.25) is 0 Å². The Labute approximate surface area is 97.1 Å². The first kappa shape index (κ1) is 12.7. The van der Waals surface area contributed by atoms with Gasteiger partial charge < -0.3 is 4.74 Å². The SMILES string of the molecule is O=C(NS(=O)(=O)Cl)OCCc1ccccn1. The zero-order chi connectivity index (χ0) is 12.0. The van der Waals surface area contributed by atoms with Crippen LogP contribution in [0.3, 0.4) is 0 Å². The lowest BCUT2D eigenvalue weighted by atomic mass is 10.3. The molecule has 6 nitrogen and oxygen atoms in total. The van der Waals surface area contributed by atoms with E-state index in [9.17, 15) is 13.2 Å². The molecular formula is C8H9ClN2O4S. The molecule has 8 heteroatoms. The zero-order valence-corrected chi connectivity index (χ0v) is 9.66. The molecule has 0 aromatic carbocycles. The molecule has 0 unspecified atom stereocenters. The van der Waals surface area contributed by atoms with Crippen LogP contribution in [0.15, 0.2) is 24.4 Å². The Balaban J connectivity index is 2.29. The minimum absolute atomic E-state index is 0.0231. The van der Waals surface area contributed by atoms with E-state index in [1.807, 2.05) is 0 Å². The van der Waals surface area contributed by atoms with Crippen molar-refractivity contribution in [3.63, 3.8) is 0 Å². The number of aromatic nitrogens is 1. The van der Waals surface area contributed by atoms with Gasteiger partial charge in [-0.1, -0.05) is 6.07 Å². The van der Waals surface area contributed by atoms with Crippen molar-refractivity contribution < 1.29 is 17.9 Å². The number of pyridine rings is 1. The summed E-state index contributed by atoms with van der Waals surface area (Å²) in [7, 11) is 0.686. The van der Waals surface area contributed by atoms with Gasteiger partial charge in [0.15, 0.2) is 0 Å². The zero-order valence-electron chi connectivity index (χ0n) is 8.09. The standard InChI is InChI=1S/C8H9ClN2O4S/c9-16(13,14)11-8(12)15-6-4-7-3-1-2-5-10-7/h1-3,5H,4,6H2,(H,11,12). The van der Waals surface area contributed by atoms with Gasteiger partial charge in [-0.25, -0.2) is 9.52 Å². The topological polar surface area (TPSA) is 85.4 Å². The number of carbonyl (C=O) groups excluding carboxylic acids is 1. The molecule has 0 saturated heterocycles. The smallest absolute Gasteiger partial charge is 0.421 e. The monoisotopic (exact) mass is 264 g/mol. The molecule has 1 heterocycles. The van der Waals surface area contributed by atoms with E-state index in [1.54, 1.807) is 24.4 Å². The molecule has 1 amide bonds. The minimum Gasteiger partial charge on any atom is -0.448 e. The lowest BCUT2D eigenvalue weighted by Gasteiger charge is -2.03. The second-order valence-electron chi connectivity index (χ2n) is 2.75. The van der Waals surface area contributed by atoms with Crippen LogP contribution in [-0.4, -0.2) is 26.1 Å². The fraction of sp³-hybridized carbons (Fsp3) is 0.250. The van der Waals surface area contributed by atoms with Crippen molar-refractivity contribution in [2.75, 3.05) is 6.61 Å². The lowest BCUT2D eigenvalue weighted by Crippen LogP contribution is -2.27. The van der Waals surface area contributed by atoms with Gasteiger partial charge >= 0.3 is 15.3 Å². The van der Waals surface area contributed by atoms with E-state index in [2.05, 4.69) is 9.72 Å². The Kier molecular flexibility index (Phi) is 4.51. The molecule has 0 spiro atoms. The van der Waals surface area contributed by atoms with E-state index in [0.29, 0.717) is 6.42 Å². The Hall–Kier alpha value is -1.34. The van der Waals surface area contributed by atoms with E-state index in [-0.39, 0.29) is 6.61 Å². The summed E-state index contributed by atoms with van der Waals surface area (Å²) >= 11 is 0. The molecule has 1 N–H and O–H groups in total. The van der Waals surface area contributed by atoms with Crippen LogP contribution >= 0.6 is 10.7 Å². The number of halogens is 1. The molecule has 0 bridgehead atoms. The van der Waals surface area contributed by atoms with Crippen LogP contribution in [0.25, 0.3) is 0 Å². The number of nitrogens with one attached hydrogen (secondary N) is 1. The third-order valence-electron chi connectivity index (χ3n) is 1.52. The summed E-state index contributed by atoms with van der Waals surface area (Å²) in [6.45, 7) is 0.0231. The molecule has 0 aliphatic heterocycles. The maximum absolute atomic E-state index is 10.8. The van der Waals surface area contributed by atoms with Gasteiger partial charge in [0.1, 0.15) is 0 Å². The average Bonchev–Trinajstić information content (AvgIpc) is 2.16. The summed E-state index contributed by atoms with van der Waals surface area (Å²) < 4.78 is 26.9. The van der Waals surface area contributed by atoms with Gasteiger partial charge in [0, 0.05) is 29.0 Å². The first-order valence-corrected chi connectivity index (χ1v) is 6.57. The van der Waals surface area contributed by atoms with Crippen LogP contribution in [0.1, 0.15) is 5.69 Å². The van der Waals surface area contributed by atoms with Gasteiger partial charge in [-0.05, 0) is 12.1 Å². The van der Waals surface area contributed by atoms with Crippen molar-refractivity contribution in [1.82, 2.24) is 9.71 Å². The maximum atomic E-state index is 10.8. The van der Waals surface area contributed by atoms with Crippen molar-refractivity contribution in [1.29, 1.82) is 0 Å². The van der Waals surface area contributed by atoms with E-state index in [4.69, 9.17) is 10.7 Å². The lowest BCUT2D eigenvalue weighted by molar-refractivity contribution is 0.154. The maximum Gasteiger partial charge on any atom is 0.421 e. The van der Waals surface area contributed by atoms with Crippen molar-refractivity contribution in [2.45, 2.75) is 6.42 Å². The van der Waals surface area contributed by atoms with Crippen molar-refractivity contribution >= 4 is 26.0 Å². The molecule has 88 valence electrons. The summed E-state index contributed by atoms with van der Waals surface area (Å²) in [6.07, 6.45) is 0.904. The third kappa shape index (κ3) is 5.52. The first-order chi connectivity index (χ1) is 7.47. The second kappa shape index (κ2) is 5.66. The van der Waals surface area contributed by atoms with Crippen molar-refractivity contribution in [3.05, 3.63) is 30.1 Å². The molecule has 1 rings (SSSR count). The van der Waals surface area contributed by atoms with Crippen molar-refractivity contribution in [3.8, 4) is 0 Å². The average molecular weight is 265 g/mol. The molecule has 16 heavy (non-hydrogen) atoms. The fourth-order valence-electron chi connectivity index (χ4n) is 0.923. The van der Waals surface area contributed by atoms with Gasteiger partial charge in [-0.15, -0.1) is 0 Å². The van der Waals surface area contributed by atoms with E-state index >= 15 is 0 Å². The molecular weight excluding hydrogens is 256 g/mol. The van der Waals surface area contributed by atoms with Gasteiger partial charge in [-0.2, -0.15) is 8.42 Å². The van der Waals surface area contributed by atoms with E-state index in [1.165, 1.54) is 4.72 Å². The highest BCUT2D eigenvalue weighted by Gasteiger charge is 2.11. The third-order valence-corrected chi connectivity index (χ3v) is 2.16. The van der Waals surface area contributed by atoms with Gasteiger partial charge in [0.2, 0.25) is 0 Å². The van der Waals surface area contributed by atoms with Crippen molar-refractivity contribution in [2.24, 2.45) is 0 Å². The van der Waals surface area contributed by atoms with Crippen LogP contribution in [0.4, 0.5) is 4.79 Å². The summed E-state index contributed by atoms with van der Waals surface area (Å²) in [4.78, 5) is 14.8. The highest BCUT2D eigenvalue weighted by atomic mass is 35.7. The molecule has 0 saturated carbocycles. The van der Waals surface area contributed by atoms with E-state index in [0.717, 1.165) is 5.69 Å². The predicted octanol–water partition coefficient (Wildman–Crippen LogP) is 0.834. The molecule has 1 aromatic heterocycles. The normalized spacial score (nSPS) is 10.8. The summed E-state index contributed by atoms with van der Waals surface area (Å²) in [6, 6.07) is 5.32. The fourth-order valence-corrected chi connectivity index (χ4v) is 1.37. The van der Waals surface area contributed by atoms with Gasteiger partial charge in [0.25, 0.3) is 0 Å². The highest BCUT2D eigenvalue weighted by Crippen LogP contribution is 1.96. The van der Waals surface area contributed by atoms with Crippen LogP contribution in [-0.2, 0) is 20.4 Å². The van der Waals surface area contributed by atoms with Gasteiger partial charge in [-0.3, -0.25) is 4.98 Å². The molecule has 0 fully saturated rings. The van der Waals surface area contributed by atoms with Crippen LogP contribution < -0.4 is 4.72 Å². The Bertz CT molecular complexity index is 448.